The van der Waals surface area contributed by atoms with Crippen LogP contribution < -0.4 is 10.2 Å². The lowest BCUT2D eigenvalue weighted by Crippen LogP contribution is -2.43. The Morgan fingerprint density at radius 2 is 2.00 bits per heavy atom. The van der Waals surface area contributed by atoms with Gasteiger partial charge in [0, 0.05) is 17.7 Å². The minimum absolute atomic E-state index is 0.120. The van der Waals surface area contributed by atoms with Gasteiger partial charge < -0.3 is 4.74 Å². The molecule has 35 heavy (non-hydrogen) atoms. The fourth-order valence-corrected chi connectivity index (χ4v) is 5.95. The summed E-state index contributed by atoms with van der Waals surface area (Å²) in [6.45, 7) is 6.19. The third-order valence-corrected chi connectivity index (χ3v) is 7.73. The maximum Gasteiger partial charge on any atom is 0.301 e. The first-order valence-corrected chi connectivity index (χ1v) is 11.8. The number of hydrogen-bond donors (Lipinski definition) is 1. The van der Waals surface area contributed by atoms with Crippen LogP contribution in [-0.2, 0) is 6.42 Å². The standard InChI is InChI=1S/C26H30N4O5/c1-4-5-23-22-9-6-17-14-19(35-3)8-10-20(17)21(22)12-13-26(23,2)16-27-28-24-11-7-18(29(31)32)15-25(24)30(33)34/h4,7-8,10-11,14-16,21-23,28H,1,5-6,9,12-13H2,2-3H3/b27-16-/t21-,22-,23+,26-/m1/s1. The SMILES string of the molecule is C=CC[C@H]1[C@@H]2CCc3cc(OC)ccc3[C@H]2CC[C@]1(C)/C=N\Nc1ccc([N+](=O)[O-])cc1[N+](=O)[O-]. The second-order valence-corrected chi connectivity index (χ2v) is 9.63. The largest absolute Gasteiger partial charge is 0.497 e. The van der Waals surface area contributed by atoms with Gasteiger partial charge in [-0.3, -0.25) is 25.7 Å². The van der Waals surface area contributed by atoms with Crippen molar-refractivity contribution < 1.29 is 14.6 Å². The molecule has 2 aliphatic rings. The number of nitrogens with zero attached hydrogens (tertiary/aromatic N) is 3. The molecular formula is C26H30N4O5. The molecule has 2 aromatic carbocycles. The quantitative estimate of drug-likeness (QED) is 0.207. The number of rotatable bonds is 8. The van der Waals surface area contributed by atoms with Crippen LogP contribution in [-0.4, -0.2) is 23.2 Å². The van der Waals surface area contributed by atoms with Crippen molar-refractivity contribution in [2.75, 3.05) is 12.5 Å². The molecule has 9 heteroatoms. The predicted molar refractivity (Wildman–Crippen MR) is 135 cm³/mol. The average Bonchev–Trinajstić information content (AvgIpc) is 2.85. The fraction of sp³-hybridized carbons (Fsp3) is 0.423. The molecule has 9 nitrogen and oxygen atoms in total. The van der Waals surface area contributed by atoms with Gasteiger partial charge in [0.15, 0.2) is 0 Å². The maximum atomic E-state index is 11.4. The van der Waals surface area contributed by atoms with E-state index in [1.807, 2.05) is 18.4 Å². The maximum absolute atomic E-state index is 11.4. The molecule has 0 saturated heterocycles. The summed E-state index contributed by atoms with van der Waals surface area (Å²) in [6, 6.07) is 9.90. The first-order chi connectivity index (χ1) is 16.8. The van der Waals surface area contributed by atoms with E-state index in [9.17, 15) is 20.2 Å². The van der Waals surface area contributed by atoms with Gasteiger partial charge in [-0.1, -0.05) is 19.1 Å². The summed E-state index contributed by atoms with van der Waals surface area (Å²) in [5.41, 5.74) is 4.72. The number of non-ortho nitro benzene ring substituents is 1. The number of anilines is 1. The number of allylic oxidation sites excluding steroid dienone is 1. The lowest BCUT2D eigenvalue weighted by Gasteiger charge is -2.50. The first kappa shape index (κ1) is 24.4. The Hall–Kier alpha value is -3.75. The molecule has 0 spiro atoms. The minimum Gasteiger partial charge on any atom is -0.497 e. The summed E-state index contributed by atoms with van der Waals surface area (Å²) in [5.74, 6) is 2.17. The first-order valence-electron chi connectivity index (χ1n) is 11.8. The zero-order valence-electron chi connectivity index (χ0n) is 20.0. The van der Waals surface area contributed by atoms with Crippen LogP contribution in [0.25, 0.3) is 0 Å². The van der Waals surface area contributed by atoms with Gasteiger partial charge in [-0.2, -0.15) is 5.10 Å². The summed E-state index contributed by atoms with van der Waals surface area (Å²) < 4.78 is 5.42. The highest BCUT2D eigenvalue weighted by atomic mass is 16.6. The van der Waals surface area contributed by atoms with Gasteiger partial charge in [0.1, 0.15) is 11.4 Å². The number of aryl methyl sites for hydroxylation is 1. The molecule has 1 N–H and O–H groups in total. The van der Waals surface area contributed by atoms with Crippen LogP contribution >= 0.6 is 0 Å². The molecule has 0 amide bonds. The van der Waals surface area contributed by atoms with Gasteiger partial charge in [-0.05, 0) is 79.2 Å². The molecule has 2 aromatic rings. The second kappa shape index (κ2) is 9.85. The molecule has 1 fully saturated rings. The Morgan fingerprint density at radius 3 is 2.69 bits per heavy atom. The Labute approximate surface area is 204 Å². The van der Waals surface area contributed by atoms with Crippen molar-refractivity contribution in [3.63, 3.8) is 0 Å². The smallest absolute Gasteiger partial charge is 0.301 e. The zero-order chi connectivity index (χ0) is 25.2. The van der Waals surface area contributed by atoms with E-state index < -0.39 is 9.85 Å². The summed E-state index contributed by atoms with van der Waals surface area (Å²) in [5, 5.41) is 26.8. The highest BCUT2D eigenvalue weighted by Gasteiger charge is 2.47. The number of nitrogens with one attached hydrogen (secondary N) is 1. The number of hydrogen-bond acceptors (Lipinski definition) is 7. The average molecular weight is 479 g/mol. The van der Waals surface area contributed by atoms with Gasteiger partial charge in [0.25, 0.3) is 5.69 Å². The second-order valence-electron chi connectivity index (χ2n) is 9.63. The third kappa shape index (κ3) is 4.76. The van der Waals surface area contributed by atoms with Crippen molar-refractivity contribution in [2.24, 2.45) is 22.4 Å². The molecule has 2 aliphatic carbocycles. The van der Waals surface area contributed by atoms with Crippen LogP contribution in [0.15, 0.2) is 54.2 Å². The molecule has 0 unspecified atom stereocenters. The van der Waals surface area contributed by atoms with Gasteiger partial charge >= 0.3 is 5.69 Å². The van der Waals surface area contributed by atoms with Crippen molar-refractivity contribution in [3.05, 3.63) is 80.4 Å². The van der Waals surface area contributed by atoms with Crippen LogP contribution in [0.5, 0.6) is 5.75 Å². The fourth-order valence-electron chi connectivity index (χ4n) is 5.95. The highest BCUT2D eigenvalue weighted by molar-refractivity contribution is 5.70. The highest BCUT2D eigenvalue weighted by Crippen LogP contribution is 2.55. The third-order valence-electron chi connectivity index (χ3n) is 7.73. The molecule has 0 radical (unpaired) electrons. The number of nitro benzene ring substituents is 2. The lowest BCUT2D eigenvalue weighted by atomic mass is 9.54. The number of benzene rings is 2. The molecule has 0 aliphatic heterocycles. The van der Waals surface area contributed by atoms with Gasteiger partial charge in [0.2, 0.25) is 0 Å². The van der Waals surface area contributed by atoms with Crippen molar-refractivity contribution in [1.29, 1.82) is 0 Å². The number of hydrazone groups is 1. The summed E-state index contributed by atoms with van der Waals surface area (Å²) in [6.07, 6.45) is 8.72. The van der Waals surface area contributed by atoms with Gasteiger partial charge in [0.05, 0.1) is 23.0 Å². The van der Waals surface area contributed by atoms with E-state index in [1.54, 1.807) is 7.11 Å². The topological polar surface area (TPSA) is 120 Å². The molecule has 184 valence electrons. The van der Waals surface area contributed by atoms with E-state index in [0.29, 0.717) is 17.8 Å². The van der Waals surface area contributed by atoms with Crippen molar-refractivity contribution in [1.82, 2.24) is 0 Å². The minimum atomic E-state index is -0.655. The number of fused-ring (bicyclic) bond motifs is 3. The zero-order valence-corrected chi connectivity index (χ0v) is 20.0. The number of nitro groups is 2. The molecule has 1 saturated carbocycles. The lowest BCUT2D eigenvalue weighted by molar-refractivity contribution is -0.393. The van der Waals surface area contributed by atoms with E-state index in [2.05, 4.69) is 36.2 Å². The molecule has 0 bridgehead atoms. The summed E-state index contributed by atoms with van der Waals surface area (Å²) in [7, 11) is 1.69. The molecule has 4 atom stereocenters. The molecular weight excluding hydrogens is 448 g/mol. The summed E-state index contributed by atoms with van der Waals surface area (Å²) >= 11 is 0. The summed E-state index contributed by atoms with van der Waals surface area (Å²) in [4.78, 5) is 21.1. The van der Waals surface area contributed by atoms with E-state index in [4.69, 9.17) is 4.74 Å². The van der Waals surface area contributed by atoms with Crippen molar-refractivity contribution >= 4 is 23.3 Å². The van der Waals surface area contributed by atoms with Crippen LogP contribution in [0.1, 0.15) is 49.7 Å². The van der Waals surface area contributed by atoms with Crippen LogP contribution in [0, 0.1) is 37.5 Å². The molecule has 0 heterocycles. The molecule has 4 rings (SSSR count). The Kier molecular flexibility index (Phi) is 6.86. The Morgan fingerprint density at radius 1 is 1.20 bits per heavy atom. The van der Waals surface area contributed by atoms with Crippen LogP contribution in [0.2, 0.25) is 0 Å². The molecule has 0 aromatic heterocycles. The van der Waals surface area contributed by atoms with Crippen molar-refractivity contribution in [2.45, 2.75) is 44.9 Å². The normalized spacial score (nSPS) is 25.4. The van der Waals surface area contributed by atoms with E-state index in [0.717, 1.165) is 43.9 Å². The van der Waals surface area contributed by atoms with E-state index in [1.165, 1.54) is 23.3 Å². The van der Waals surface area contributed by atoms with E-state index >= 15 is 0 Å². The van der Waals surface area contributed by atoms with Crippen molar-refractivity contribution in [3.8, 4) is 5.75 Å². The van der Waals surface area contributed by atoms with Crippen LogP contribution in [0.3, 0.4) is 0 Å². The Bertz CT molecular complexity index is 1180. The Balaban J connectivity index is 1.57. The monoisotopic (exact) mass is 478 g/mol. The van der Waals surface area contributed by atoms with Gasteiger partial charge in [-0.25, -0.2) is 0 Å². The van der Waals surface area contributed by atoms with Crippen LogP contribution in [0.4, 0.5) is 17.1 Å². The van der Waals surface area contributed by atoms with Gasteiger partial charge in [-0.15, -0.1) is 6.58 Å². The number of ether oxygens (including phenoxy) is 1. The van der Waals surface area contributed by atoms with E-state index in [-0.39, 0.29) is 22.5 Å². The predicted octanol–water partition coefficient (Wildman–Crippen LogP) is 6.25. The number of methoxy groups -OCH3 is 1.